The molecule has 0 heterocycles. The first-order valence-corrected chi connectivity index (χ1v) is 7.51. The van der Waals surface area contributed by atoms with Crippen molar-refractivity contribution in [2.75, 3.05) is 4.72 Å². The third-order valence-electron chi connectivity index (χ3n) is 2.93. The molecule has 4 nitrogen and oxygen atoms in total. The summed E-state index contributed by atoms with van der Waals surface area (Å²) >= 11 is 0. The van der Waals surface area contributed by atoms with Crippen LogP contribution < -0.4 is 4.72 Å². The van der Waals surface area contributed by atoms with Crippen LogP contribution in [0.4, 0.5) is 5.69 Å². The van der Waals surface area contributed by atoms with Gasteiger partial charge in [-0.3, -0.25) is 4.72 Å². The van der Waals surface area contributed by atoms with E-state index in [9.17, 15) is 8.42 Å². The number of rotatable bonds is 3. The molecule has 2 rings (SSSR count). The smallest absolute Gasteiger partial charge is 0.263 e. The Hall–Kier alpha value is -2.32. The molecule has 0 amide bonds. The maximum Gasteiger partial charge on any atom is 0.263 e. The zero-order chi connectivity index (χ0) is 14.8. The van der Waals surface area contributed by atoms with Crippen molar-refractivity contribution < 1.29 is 8.42 Å². The standard InChI is InChI=1S/C15H14N2O2S/c1-11-7-8-12(2)14(9-11)17-20(18,19)15-6-4-3-5-13(15)10-16/h3-9,17H,1-2H3. The molecule has 1 N–H and O–H groups in total. The highest BCUT2D eigenvalue weighted by molar-refractivity contribution is 7.92. The molecule has 0 fully saturated rings. The number of nitriles is 1. The third-order valence-corrected chi connectivity index (χ3v) is 4.36. The van der Waals surface area contributed by atoms with E-state index in [1.54, 1.807) is 18.2 Å². The number of aryl methyl sites for hydroxylation is 2. The number of hydrogen-bond acceptors (Lipinski definition) is 3. The predicted molar refractivity (Wildman–Crippen MR) is 77.9 cm³/mol. The van der Waals surface area contributed by atoms with Crippen LogP contribution in [0.25, 0.3) is 0 Å². The topological polar surface area (TPSA) is 70.0 Å². The number of hydrogen-bond donors (Lipinski definition) is 1. The Kier molecular flexibility index (Phi) is 3.77. The zero-order valence-corrected chi connectivity index (χ0v) is 12.0. The molecule has 102 valence electrons. The number of sulfonamides is 1. The van der Waals surface area contributed by atoms with E-state index in [1.807, 2.05) is 32.0 Å². The minimum Gasteiger partial charge on any atom is -0.279 e. The Morgan fingerprint density at radius 1 is 1.10 bits per heavy atom. The molecule has 0 aliphatic heterocycles. The molecule has 0 aliphatic rings. The van der Waals surface area contributed by atoms with Gasteiger partial charge in [0.15, 0.2) is 0 Å². The average Bonchev–Trinajstić information content (AvgIpc) is 2.42. The lowest BCUT2D eigenvalue weighted by atomic mass is 10.1. The first-order valence-electron chi connectivity index (χ1n) is 6.03. The summed E-state index contributed by atoms with van der Waals surface area (Å²) in [5.41, 5.74) is 2.44. The van der Waals surface area contributed by atoms with Crippen LogP contribution in [0, 0.1) is 25.2 Å². The van der Waals surface area contributed by atoms with Crippen molar-refractivity contribution in [1.29, 1.82) is 5.26 Å². The molecule has 0 saturated carbocycles. The van der Waals surface area contributed by atoms with E-state index in [4.69, 9.17) is 5.26 Å². The van der Waals surface area contributed by atoms with Crippen molar-refractivity contribution in [3.8, 4) is 6.07 Å². The van der Waals surface area contributed by atoms with Gasteiger partial charge in [-0.25, -0.2) is 8.42 Å². The van der Waals surface area contributed by atoms with Crippen molar-refractivity contribution >= 4 is 15.7 Å². The number of nitrogens with zero attached hydrogens (tertiary/aromatic N) is 1. The summed E-state index contributed by atoms with van der Waals surface area (Å²) in [6.07, 6.45) is 0. The van der Waals surface area contributed by atoms with Crippen LogP contribution in [0.3, 0.4) is 0 Å². The molecule has 0 aromatic heterocycles. The first kappa shape index (κ1) is 14.1. The molecule has 2 aromatic carbocycles. The minimum atomic E-state index is -3.77. The normalized spacial score (nSPS) is 10.8. The van der Waals surface area contributed by atoms with Crippen molar-refractivity contribution in [3.63, 3.8) is 0 Å². The summed E-state index contributed by atoms with van der Waals surface area (Å²) in [6.45, 7) is 3.72. The van der Waals surface area contributed by atoms with E-state index in [0.717, 1.165) is 11.1 Å². The van der Waals surface area contributed by atoms with Crippen LogP contribution in [-0.4, -0.2) is 8.42 Å². The molecule has 0 bridgehead atoms. The van der Waals surface area contributed by atoms with Crippen LogP contribution in [0.5, 0.6) is 0 Å². The monoisotopic (exact) mass is 286 g/mol. The van der Waals surface area contributed by atoms with Gasteiger partial charge in [0.2, 0.25) is 0 Å². The third kappa shape index (κ3) is 2.81. The van der Waals surface area contributed by atoms with Crippen LogP contribution in [0.2, 0.25) is 0 Å². The summed E-state index contributed by atoms with van der Waals surface area (Å²) < 4.78 is 27.3. The van der Waals surface area contributed by atoms with Gasteiger partial charge in [-0.2, -0.15) is 5.26 Å². The molecular weight excluding hydrogens is 272 g/mol. The number of benzene rings is 2. The molecule has 0 spiro atoms. The lowest BCUT2D eigenvalue weighted by Gasteiger charge is -2.12. The molecule has 0 radical (unpaired) electrons. The summed E-state index contributed by atoms with van der Waals surface area (Å²) in [4.78, 5) is -0.0107. The Labute approximate surface area is 118 Å². The second kappa shape index (κ2) is 5.35. The van der Waals surface area contributed by atoms with E-state index >= 15 is 0 Å². The molecule has 0 aliphatic carbocycles. The summed E-state index contributed by atoms with van der Waals surface area (Å²) in [7, 11) is -3.77. The summed E-state index contributed by atoms with van der Waals surface area (Å²) in [5, 5.41) is 9.00. The number of nitrogens with one attached hydrogen (secondary N) is 1. The molecule has 0 saturated heterocycles. The fourth-order valence-corrected chi connectivity index (χ4v) is 3.12. The van der Waals surface area contributed by atoms with E-state index in [0.29, 0.717) is 5.69 Å². The van der Waals surface area contributed by atoms with Gasteiger partial charge in [-0.1, -0.05) is 24.3 Å². The molecule has 0 atom stereocenters. The van der Waals surface area contributed by atoms with Gasteiger partial charge < -0.3 is 0 Å². The highest BCUT2D eigenvalue weighted by Crippen LogP contribution is 2.22. The van der Waals surface area contributed by atoms with Gasteiger partial charge in [0.05, 0.1) is 11.3 Å². The maximum atomic E-state index is 12.4. The van der Waals surface area contributed by atoms with E-state index < -0.39 is 10.0 Å². The number of anilines is 1. The molecule has 2 aromatic rings. The van der Waals surface area contributed by atoms with Crippen LogP contribution in [0.15, 0.2) is 47.4 Å². The van der Waals surface area contributed by atoms with Crippen LogP contribution >= 0.6 is 0 Å². The first-order chi connectivity index (χ1) is 9.44. The quantitative estimate of drug-likeness (QED) is 0.943. The molecule has 0 unspecified atom stereocenters. The Morgan fingerprint density at radius 2 is 1.80 bits per heavy atom. The second-order valence-electron chi connectivity index (χ2n) is 4.53. The Bertz CT molecular complexity index is 790. The summed E-state index contributed by atoms with van der Waals surface area (Å²) in [6, 6.07) is 13.6. The Morgan fingerprint density at radius 3 is 2.50 bits per heavy atom. The predicted octanol–water partition coefficient (Wildman–Crippen LogP) is 2.98. The van der Waals surface area contributed by atoms with Crippen molar-refractivity contribution in [1.82, 2.24) is 0 Å². The van der Waals surface area contributed by atoms with Gasteiger partial charge >= 0.3 is 0 Å². The lowest BCUT2D eigenvalue weighted by Crippen LogP contribution is -2.15. The largest absolute Gasteiger partial charge is 0.279 e. The maximum absolute atomic E-state index is 12.4. The van der Waals surface area contributed by atoms with E-state index in [2.05, 4.69) is 4.72 Å². The van der Waals surface area contributed by atoms with Gasteiger partial charge in [0.25, 0.3) is 10.0 Å². The van der Waals surface area contributed by atoms with Gasteiger partial charge in [-0.05, 0) is 43.2 Å². The fourth-order valence-electron chi connectivity index (χ4n) is 1.84. The minimum absolute atomic E-state index is 0.0107. The lowest BCUT2D eigenvalue weighted by molar-refractivity contribution is 0.601. The van der Waals surface area contributed by atoms with Gasteiger partial charge in [0, 0.05) is 0 Å². The van der Waals surface area contributed by atoms with Crippen LogP contribution in [-0.2, 0) is 10.0 Å². The van der Waals surface area contributed by atoms with Crippen molar-refractivity contribution in [3.05, 3.63) is 59.2 Å². The fraction of sp³-hybridized carbons (Fsp3) is 0.133. The molecule has 5 heteroatoms. The van der Waals surface area contributed by atoms with E-state index in [-0.39, 0.29) is 10.5 Å². The zero-order valence-electron chi connectivity index (χ0n) is 11.2. The second-order valence-corrected chi connectivity index (χ2v) is 6.18. The average molecular weight is 286 g/mol. The van der Waals surface area contributed by atoms with E-state index in [1.165, 1.54) is 12.1 Å². The van der Waals surface area contributed by atoms with Crippen molar-refractivity contribution in [2.45, 2.75) is 18.7 Å². The van der Waals surface area contributed by atoms with Gasteiger partial charge in [0.1, 0.15) is 11.0 Å². The summed E-state index contributed by atoms with van der Waals surface area (Å²) in [5.74, 6) is 0. The van der Waals surface area contributed by atoms with Gasteiger partial charge in [-0.15, -0.1) is 0 Å². The SMILES string of the molecule is Cc1ccc(C)c(NS(=O)(=O)c2ccccc2C#N)c1. The molecule has 20 heavy (non-hydrogen) atoms. The Balaban J connectivity index is 2.47. The van der Waals surface area contributed by atoms with Crippen molar-refractivity contribution in [2.24, 2.45) is 0 Å². The van der Waals surface area contributed by atoms with Crippen LogP contribution in [0.1, 0.15) is 16.7 Å². The molecular formula is C15H14N2O2S. The highest BCUT2D eigenvalue weighted by Gasteiger charge is 2.18. The highest BCUT2D eigenvalue weighted by atomic mass is 32.2.